The second kappa shape index (κ2) is 4.84. The molecular weight excluding hydrogens is 293 g/mol. The smallest absolute Gasteiger partial charge is 0.335 e. The second-order valence-corrected chi connectivity index (χ2v) is 4.75. The number of nitrogens with zero attached hydrogens (tertiary/aromatic N) is 4. The Hall–Kier alpha value is -2.88. The molecule has 7 heteroatoms. The van der Waals surface area contributed by atoms with Crippen molar-refractivity contribution in [2.24, 2.45) is 7.05 Å². The van der Waals surface area contributed by atoms with Gasteiger partial charge in [0, 0.05) is 24.2 Å². The van der Waals surface area contributed by atoms with Crippen molar-refractivity contribution >= 4 is 11.0 Å². The summed E-state index contributed by atoms with van der Waals surface area (Å²) in [5, 5.41) is 9.61. The molecule has 0 fully saturated rings. The molecule has 4 nitrogen and oxygen atoms in total. The molecule has 1 aromatic carbocycles. The lowest BCUT2D eigenvalue weighted by molar-refractivity contribution is -0.137. The number of hydrogen-bond acceptors (Lipinski definition) is 3. The van der Waals surface area contributed by atoms with E-state index in [1.54, 1.807) is 23.9 Å². The lowest BCUT2D eigenvalue weighted by Gasteiger charge is -2.09. The fraction of sp³-hybridized carbons (Fsp3) is 0.133. The van der Waals surface area contributed by atoms with Gasteiger partial charge in [-0.2, -0.15) is 18.4 Å². The van der Waals surface area contributed by atoms with Gasteiger partial charge in [0.05, 0.1) is 11.3 Å². The van der Waals surface area contributed by atoms with Crippen molar-refractivity contribution in [3.8, 4) is 17.3 Å². The third-order valence-electron chi connectivity index (χ3n) is 3.29. The molecule has 0 bridgehead atoms. The van der Waals surface area contributed by atoms with Gasteiger partial charge < -0.3 is 4.57 Å². The van der Waals surface area contributed by atoms with E-state index in [9.17, 15) is 13.2 Å². The normalized spacial score (nSPS) is 11.6. The van der Waals surface area contributed by atoms with Gasteiger partial charge in [-0.3, -0.25) is 0 Å². The van der Waals surface area contributed by atoms with E-state index in [1.165, 1.54) is 12.1 Å². The number of aryl methyl sites for hydroxylation is 1. The number of nitriles is 1. The first-order chi connectivity index (χ1) is 10.4. The predicted octanol–water partition coefficient (Wildman–Crippen LogP) is 3.53. The van der Waals surface area contributed by atoms with Crippen LogP contribution in [-0.2, 0) is 13.2 Å². The molecule has 0 aliphatic heterocycles. The molecule has 3 aromatic rings. The lowest BCUT2D eigenvalue weighted by atomic mass is 10.1. The van der Waals surface area contributed by atoms with Crippen molar-refractivity contribution in [3.05, 3.63) is 47.9 Å². The van der Waals surface area contributed by atoms with Crippen LogP contribution in [-0.4, -0.2) is 14.5 Å². The first-order valence-corrected chi connectivity index (χ1v) is 6.31. The predicted molar refractivity (Wildman–Crippen MR) is 73.7 cm³/mol. The highest BCUT2D eigenvalue weighted by Gasteiger charge is 2.30. The topological polar surface area (TPSA) is 54.5 Å². The molecule has 110 valence electrons. The van der Waals surface area contributed by atoms with Crippen molar-refractivity contribution in [1.82, 2.24) is 14.5 Å². The minimum absolute atomic E-state index is 0.0817. The van der Waals surface area contributed by atoms with Crippen molar-refractivity contribution in [2.45, 2.75) is 6.18 Å². The summed E-state index contributed by atoms with van der Waals surface area (Å²) in [6, 6.07) is 8.42. The maximum Gasteiger partial charge on any atom is 0.416 e. The SMILES string of the molecule is Cn1ccc2c(-c3cccc(C(F)(F)F)c3)nc(C#N)nc21. The summed E-state index contributed by atoms with van der Waals surface area (Å²) in [5.41, 5.74) is 0.350. The van der Waals surface area contributed by atoms with Crippen LogP contribution in [0.15, 0.2) is 36.5 Å². The van der Waals surface area contributed by atoms with Crippen molar-refractivity contribution in [3.63, 3.8) is 0 Å². The van der Waals surface area contributed by atoms with Crippen molar-refractivity contribution in [2.75, 3.05) is 0 Å². The fourth-order valence-electron chi connectivity index (χ4n) is 2.25. The zero-order valence-corrected chi connectivity index (χ0v) is 11.4. The summed E-state index contributed by atoms with van der Waals surface area (Å²) in [4.78, 5) is 8.15. The maximum atomic E-state index is 12.9. The van der Waals surface area contributed by atoms with Crippen LogP contribution < -0.4 is 0 Å². The highest BCUT2D eigenvalue weighted by molar-refractivity contribution is 5.91. The first-order valence-electron chi connectivity index (χ1n) is 6.31. The third kappa shape index (κ3) is 2.29. The van der Waals surface area contributed by atoms with E-state index in [1.807, 2.05) is 6.07 Å². The minimum atomic E-state index is -4.43. The Labute approximate surface area is 123 Å². The number of hydrogen-bond donors (Lipinski definition) is 0. The number of alkyl halides is 3. The van der Waals surface area contributed by atoms with Crippen LogP contribution >= 0.6 is 0 Å². The molecule has 0 saturated heterocycles. The highest BCUT2D eigenvalue weighted by Crippen LogP contribution is 2.33. The fourth-order valence-corrected chi connectivity index (χ4v) is 2.25. The molecule has 0 aliphatic carbocycles. The minimum Gasteiger partial charge on any atom is -0.335 e. The standard InChI is InChI=1S/C15H9F3N4/c1-22-6-5-11-13(20-12(8-19)21-14(11)22)9-3-2-4-10(7-9)15(16,17)18/h2-7H,1H3. The molecule has 0 aliphatic rings. The molecule has 0 amide bonds. The van der Waals surface area contributed by atoms with Crippen molar-refractivity contribution < 1.29 is 13.2 Å². The molecule has 0 unspecified atom stereocenters. The average Bonchev–Trinajstić information content (AvgIpc) is 2.87. The quantitative estimate of drug-likeness (QED) is 0.691. The lowest BCUT2D eigenvalue weighted by Crippen LogP contribution is -2.05. The maximum absolute atomic E-state index is 12.9. The van der Waals surface area contributed by atoms with E-state index in [0.717, 1.165) is 12.1 Å². The number of benzene rings is 1. The van der Waals surface area contributed by atoms with Gasteiger partial charge in [-0.15, -0.1) is 0 Å². The second-order valence-electron chi connectivity index (χ2n) is 4.75. The monoisotopic (exact) mass is 302 g/mol. The molecule has 0 N–H and O–H groups in total. The zero-order chi connectivity index (χ0) is 15.9. The van der Waals surface area contributed by atoms with Crippen LogP contribution in [0.3, 0.4) is 0 Å². The van der Waals surface area contributed by atoms with E-state index >= 15 is 0 Å². The van der Waals surface area contributed by atoms with Gasteiger partial charge >= 0.3 is 6.18 Å². The Bertz CT molecular complexity index is 903. The molecule has 0 saturated carbocycles. The molecule has 2 aromatic heterocycles. The third-order valence-corrected chi connectivity index (χ3v) is 3.29. The van der Waals surface area contributed by atoms with E-state index in [4.69, 9.17) is 5.26 Å². The van der Waals surface area contributed by atoms with Gasteiger partial charge in [0.1, 0.15) is 11.7 Å². The van der Waals surface area contributed by atoms with Crippen LogP contribution in [0.2, 0.25) is 0 Å². The van der Waals surface area contributed by atoms with Crippen LogP contribution in [0, 0.1) is 11.3 Å². The summed E-state index contributed by atoms with van der Waals surface area (Å²) >= 11 is 0. The molecule has 2 heterocycles. The number of halogens is 3. The van der Waals surface area contributed by atoms with Crippen LogP contribution in [0.5, 0.6) is 0 Å². The van der Waals surface area contributed by atoms with E-state index in [2.05, 4.69) is 9.97 Å². The molecule has 0 atom stereocenters. The zero-order valence-electron chi connectivity index (χ0n) is 11.4. The summed E-state index contributed by atoms with van der Waals surface area (Å²) in [5.74, 6) is -0.0817. The van der Waals surface area contributed by atoms with E-state index < -0.39 is 11.7 Å². The van der Waals surface area contributed by atoms with Gasteiger partial charge in [0.15, 0.2) is 0 Å². The van der Waals surface area contributed by atoms with Gasteiger partial charge in [0.2, 0.25) is 5.82 Å². The molecule has 0 radical (unpaired) electrons. The average molecular weight is 302 g/mol. The highest BCUT2D eigenvalue weighted by atomic mass is 19.4. The number of aromatic nitrogens is 3. The van der Waals surface area contributed by atoms with Gasteiger partial charge in [0.25, 0.3) is 0 Å². The Morgan fingerprint density at radius 1 is 1.18 bits per heavy atom. The van der Waals surface area contributed by atoms with Gasteiger partial charge in [-0.05, 0) is 18.2 Å². The molecule has 3 rings (SSSR count). The van der Waals surface area contributed by atoms with Crippen molar-refractivity contribution in [1.29, 1.82) is 5.26 Å². The van der Waals surface area contributed by atoms with Gasteiger partial charge in [-0.25, -0.2) is 9.97 Å². The Morgan fingerprint density at radius 2 is 1.95 bits per heavy atom. The summed E-state index contributed by atoms with van der Waals surface area (Å²) in [6.07, 6.45) is -2.71. The first kappa shape index (κ1) is 14.1. The van der Waals surface area contributed by atoms with Gasteiger partial charge in [-0.1, -0.05) is 12.1 Å². The Balaban J connectivity index is 2.29. The van der Waals surface area contributed by atoms with Crippen LogP contribution in [0.4, 0.5) is 13.2 Å². The number of rotatable bonds is 1. The number of fused-ring (bicyclic) bond motifs is 1. The van der Waals surface area contributed by atoms with E-state index in [0.29, 0.717) is 22.3 Å². The molecule has 22 heavy (non-hydrogen) atoms. The summed E-state index contributed by atoms with van der Waals surface area (Å²) in [7, 11) is 1.74. The molecular formula is C15H9F3N4. The summed E-state index contributed by atoms with van der Waals surface area (Å²) in [6.45, 7) is 0. The summed E-state index contributed by atoms with van der Waals surface area (Å²) < 4.78 is 40.3. The largest absolute Gasteiger partial charge is 0.416 e. The van der Waals surface area contributed by atoms with Crippen LogP contribution in [0.1, 0.15) is 11.4 Å². The van der Waals surface area contributed by atoms with Crippen LogP contribution in [0.25, 0.3) is 22.3 Å². The Kier molecular flexibility index (Phi) is 3.10. The Morgan fingerprint density at radius 3 is 2.64 bits per heavy atom. The van der Waals surface area contributed by atoms with E-state index in [-0.39, 0.29) is 5.82 Å². The molecule has 0 spiro atoms.